The lowest BCUT2D eigenvalue weighted by Gasteiger charge is -2.42. The molecule has 0 aromatic heterocycles. The molecule has 1 aromatic rings. The van der Waals surface area contributed by atoms with Crippen LogP contribution in [0.25, 0.3) is 0 Å². The molecule has 1 heterocycles. The second kappa shape index (κ2) is 6.73. The Hall–Kier alpha value is -0.843. The molecular formula is C18H32N2OSi. The Labute approximate surface area is 137 Å². The maximum absolute atomic E-state index is 6.55. The van der Waals surface area contributed by atoms with Gasteiger partial charge in [0.1, 0.15) is 0 Å². The van der Waals surface area contributed by atoms with Gasteiger partial charge in [-0.1, -0.05) is 32.9 Å². The van der Waals surface area contributed by atoms with Crippen molar-refractivity contribution in [3.63, 3.8) is 0 Å². The van der Waals surface area contributed by atoms with Gasteiger partial charge >= 0.3 is 0 Å². The van der Waals surface area contributed by atoms with Crippen molar-refractivity contribution < 1.29 is 4.43 Å². The van der Waals surface area contributed by atoms with Crippen LogP contribution in [-0.4, -0.2) is 32.4 Å². The summed E-state index contributed by atoms with van der Waals surface area (Å²) in [6.07, 6.45) is 2.76. The van der Waals surface area contributed by atoms with Crippen molar-refractivity contribution in [1.82, 2.24) is 4.90 Å². The summed E-state index contributed by atoms with van der Waals surface area (Å²) in [6, 6.07) is 8.24. The van der Waals surface area contributed by atoms with Gasteiger partial charge in [-0.15, -0.1) is 0 Å². The Morgan fingerprint density at radius 2 is 1.68 bits per heavy atom. The molecule has 0 unspecified atom stereocenters. The van der Waals surface area contributed by atoms with E-state index in [2.05, 4.69) is 50.9 Å². The third kappa shape index (κ3) is 4.57. The van der Waals surface area contributed by atoms with Gasteiger partial charge in [0.15, 0.2) is 8.32 Å². The summed E-state index contributed by atoms with van der Waals surface area (Å²) in [4.78, 5) is 2.52. The van der Waals surface area contributed by atoms with Crippen molar-refractivity contribution in [1.29, 1.82) is 0 Å². The molecule has 1 fully saturated rings. The van der Waals surface area contributed by atoms with Crippen LogP contribution in [-0.2, 0) is 11.0 Å². The number of likely N-dealkylation sites (tertiary alicyclic amines) is 1. The molecule has 1 aliphatic rings. The number of rotatable bonds is 4. The molecule has 0 radical (unpaired) electrons. The van der Waals surface area contributed by atoms with E-state index < -0.39 is 8.32 Å². The van der Waals surface area contributed by atoms with E-state index in [-0.39, 0.29) is 0 Å². The first-order valence-electron chi connectivity index (χ1n) is 8.42. The zero-order valence-corrected chi connectivity index (χ0v) is 15.9. The smallest absolute Gasteiger partial charge is 0.192 e. The Bertz CT molecular complexity index is 471. The van der Waals surface area contributed by atoms with E-state index in [1.165, 1.54) is 5.56 Å². The number of hydrogen-bond acceptors (Lipinski definition) is 3. The Morgan fingerprint density at radius 1 is 1.14 bits per heavy atom. The van der Waals surface area contributed by atoms with E-state index in [0.717, 1.165) is 38.2 Å². The van der Waals surface area contributed by atoms with Crippen LogP contribution in [0.15, 0.2) is 24.3 Å². The lowest BCUT2D eigenvalue weighted by Crippen LogP contribution is -2.47. The van der Waals surface area contributed by atoms with E-state index >= 15 is 0 Å². The van der Waals surface area contributed by atoms with Crippen molar-refractivity contribution in [3.05, 3.63) is 29.8 Å². The van der Waals surface area contributed by atoms with Gasteiger partial charge in [0.2, 0.25) is 0 Å². The molecule has 3 nitrogen and oxygen atoms in total. The van der Waals surface area contributed by atoms with E-state index in [1.54, 1.807) is 0 Å². The predicted molar refractivity (Wildman–Crippen MR) is 97.4 cm³/mol. The van der Waals surface area contributed by atoms with Crippen molar-refractivity contribution in [2.24, 2.45) is 0 Å². The summed E-state index contributed by atoms with van der Waals surface area (Å²) in [6.45, 7) is 14.9. The van der Waals surface area contributed by atoms with Crippen LogP contribution < -0.4 is 5.73 Å². The highest BCUT2D eigenvalue weighted by Crippen LogP contribution is 2.38. The van der Waals surface area contributed by atoms with Crippen LogP contribution in [0, 0.1) is 0 Å². The summed E-state index contributed by atoms with van der Waals surface area (Å²) in [5.74, 6) is 0. The molecule has 0 spiro atoms. The molecule has 0 amide bonds. The standard InChI is InChI=1S/C18H32N2OSi/c1-18(2,3)22(4,5)21-17-10-12-20(13-11-17)14-15-6-8-16(19)9-7-15/h6-9,17H,10-14,19H2,1-5H3. The van der Waals surface area contributed by atoms with Gasteiger partial charge in [0, 0.05) is 31.4 Å². The Balaban J connectivity index is 1.82. The molecule has 1 aliphatic heterocycles. The van der Waals surface area contributed by atoms with Crippen molar-refractivity contribution in [3.8, 4) is 0 Å². The quantitative estimate of drug-likeness (QED) is 0.665. The highest BCUT2D eigenvalue weighted by molar-refractivity contribution is 6.74. The molecule has 2 N–H and O–H groups in total. The number of nitrogens with zero attached hydrogens (tertiary/aromatic N) is 1. The van der Waals surface area contributed by atoms with Crippen LogP contribution in [0.1, 0.15) is 39.2 Å². The zero-order valence-electron chi connectivity index (χ0n) is 14.9. The minimum atomic E-state index is -1.63. The molecule has 124 valence electrons. The molecular weight excluding hydrogens is 288 g/mol. The molecule has 2 rings (SSSR count). The molecule has 22 heavy (non-hydrogen) atoms. The van der Waals surface area contributed by atoms with Crippen molar-refractivity contribution in [2.75, 3.05) is 18.8 Å². The second-order valence-electron chi connectivity index (χ2n) is 8.10. The zero-order chi connectivity index (χ0) is 16.4. The SMILES string of the molecule is CC(C)(C)[Si](C)(C)OC1CCN(Cc2ccc(N)cc2)CC1. The average molecular weight is 321 g/mol. The number of nitrogens with two attached hydrogens (primary N) is 1. The molecule has 0 atom stereocenters. The van der Waals surface area contributed by atoms with Gasteiger partial charge in [-0.05, 0) is 48.7 Å². The normalized spacial score (nSPS) is 18.6. The fourth-order valence-corrected chi connectivity index (χ4v) is 4.08. The third-order valence-corrected chi connectivity index (χ3v) is 9.72. The van der Waals surface area contributed by atoms with E-state index in [0.29, 0.717) is 11.1 Å². The summed E-state index contributed by atoms with van der Waals surface area (Å²) in [5.41, 5.74) is 7.93. The number of hydrogen-bond donors (Lipinski definition) is 1. The van der Waals surface area contributed by atoms with Crippen molar-refractivity contribution in [2.45, 2.75) is 64.4 Å². The molecule has 0 aliphatic carbocycles. The van der Waals surface area contributed by atoms with Crippen LogP contribution in [0.2, 0.25) is 18.1 Å². The van der Waals surface area contributed by atoms with Crippen LogP contribution >= 0.6 is 0 Å². The molecule has 1 aromatic carbocycles. The van der Waals surface area contributed by atoms with E-state index in [1.807, 2.05) is 12.1 Å². The number of nitrogen functional groups attached to an aromatic ring is 1. The lowest BCUT2D eigenvalue weighted by atomic mass is 10.1. The minimum absolute atomic E-state index is 0.300. The number of benzene rings is 1. The monoisotopic (exact) mass is 320 g/mol. The highest BCUT2D eigenvalue weighted by atomic mass is 28.4. The minimum Gasteiger partial charge on any atom is -0.414 e. The molecule has 4 heteroatoms. The van der Waals surface area contributed by atoms with Gasteiger partial charge in [0.25, 0.3) is 0 Å². The molecule has 0 bridgehead atoms. The molecule has 0 saturated carbocycles. The maximum Gasteiger partial charge on any atom is 0.192 e. The van der Waals surface area contributed by atoms with Gasteiger partial charge in [-0.25, -0.2) is 0 Å². The number of anilines is 1. The van der Waals surface area contributed by atoms with Gasteiger partial charge in [0.05, 0.1) is 0 Å². The second-order valence-corrected chi connectivity index (χ2v) is 12.9. The number of piperidine rings is 1. The lowest BCUT2D eigenvalue weighted by molar-refractivity contribution is 0.0863. The molecule has 1 saturated heterocycles. The van der Waals surface area contributed by atoms with Crippen LogP contribution in [0.5, 0.6) is 0 Å². The maximum atomic E-state index is 6.55. The summed E-state index contributed by atoms with van der Waals surface area (Å²) in [5, 5.41) is 0.300. The van der Waals surface area contributed by atoms with Gasteiger partial charge in [-0.3, -0.25) is 4.90 Å². The fraction of sp³-hybridized carbons (Fsp3) is 0.667. The first kappa shape index (κ1) is 17.5. The fourth-order valence-electron chi connectivity index (χ4n) is 2.66. The van der Waals surface area contributed by atoms with Crippen LogP contribution in [0.4, 0.5) is 5.69 Å². The van der Waals surface area contributed by atoms with E-state index in [9.17, 15) is 0 Å². The topological polar surface area (TPSA) is 38.5 Å². The van der Waals surface area contributed by atoms with Crippen LogP contribution in [0.3, 0.4) is 0 Å². The average Bonchev–Trinajstić information content (AvgIpc) is 2.42. The third-order valence-electron chi connectivity index (χ3n) is 5.19. The van der Waals surface area contributed by atoms with E-state index in [4.69, 9.17) is 10.2 Å². The largest absolute Gasteiger partial charge is 0.414 e. The van der Waals surface area contributed by atoms with Crippen molar-refractivity contribution >= 4 is 14.0 Å². The Kier molecular flexibility index (Phi) is 5.36. The summed E-state index contributed by atoms with van der Waals surface area (Å²) >= 11 is 0. The highest BCUT2D eigenvalue weighted by Gasteiger charge is 2.39. The van der Waals surface area contributed by atoms with Gasteiger partial charge < -0.3 is 10.2 Å². The first-order chi connectivity index (χ1) is 10.2. The first-order valence-corrected chi connectivity index (χ1v) is 11.3. The Morgan fingerprint density at radius 3 is 2.18 bits per heavy atom. The summed E-state index contributed by atoms with van der Waals surface area (Å²) in [7, 11) is -1.63. The predicted octanol–water partition coefficient (Wildman–Crippen LogP) is 4.26. The van der Waals surface area contributed by atoms with Gasteiger partial charge in [-0.2, -0.15) is 0 Å². The summed E-state index contributed by atoms with van der Waals surface area (Å²) < 4.78 is 6.55.